The van der Waals surface area contributed by atoms with E-state index in [9.17, 15) is 4.79 Å². The predicted molar refractivity (Wildman–Crippen MR) is 88.1 cm³/mol. The standard InChI is InChI=1S/C18H21N3O2/c19-15-4-3-11-21(12-15)18(22)14-6-8-17(9-7-14)23-13-16-5-1-2-10-20-16/h1-2,5-10,15H,3-4,11-13,19H2/t15-/m1/s1. The molecule has 0 saturated carbocycles. The quantitative estimate of drug-likeness (QED) is 0.940. The fourth-order valence-corrected chi connectivity index (χ4v) is 2.71. The van der Waals surface area contributed by atoms with Crippen LogP contribution in [0, 0.1) is 0 Å². The number of nitrogens with two attached hydrogens (primary N) is 1. The number of likely N-dealkylation sites (tertiary alicyclic amines) is 1. The highest BCUT2D eigenvalue weighted by atomic mass is 16.5. The van der Waals surface area contributed by atoms with Crippen LogP contribution in [0.3, 0.4) is 0 Å². The molecule has 0 bridgehead atoms. The Kier molecular flexibility index (Phi) is 4.88. The molecule has 2 N–H and O–H groups in total. The third-order valence-electron chi connectivity index (χ3n) is 3.96. The second kappa shape index (κ2) is 7.24. The minimum absolute atomic E-state index is 0.0384. The van der Waals surface area contributed by atoms with Gasteiger partial charge in [-0.15, -0.1) is 0 Å². The molecule has 1 aromatic carbocycles. The molecule has 0 aliphatic carbocycles. The van der Waals surface area contributed by atoms with E-state index in [1.54, 1.807) is 18.3 Å². The van der Waals surface area contributed by atoms with Crippen molar-refractivity contribution < 1.29 is 9.53 Å². The third-order valence-corrected chi connectivity index (χ3v) is 3.96. The van der Waals surface area contributed by atoms with Gasteiger partial charge in [-0.1, -0.05) is 6.07 Å². The lowest BCUT2D eigenvalue weighted by Crippen LogP contribution is -2.45. The lowest BCUT2D eigenvalue weighted by molar-refractivity contribution is 0.0709. The molecule has 5 heteroatoms. The zero-order valence-electron chi connectivity index (χ0n) is 13.0. The molecule has 120 valence electrons. The number of piperidine rings is 1. The van der Waals surface area contributed by atoms with Crippen LogP contribution < -0.4 is 10.5 Å². The van der Waals surface area contributed by atoms with E-state index in [0.717, 1.165) is 30.8 Å². The highest BCUT2D eigenvalue weighted by Crippen LogP contribution is 2.17. The van der Waals surface area contributed by atoms with Crippen molar-refractivity contribution in [1.82, 2.24) is 9.88 Å². The van der Waals surface area contributed by atoms with Crippen LogP contribution >= 0.6 is 0 Å². The van der Waals surface area contributed by atoms with Crippen LogP contribution in [-0.2, 0) is 6.61 Å². The summed E-state index contributed by atoms with van der Waals surface area (Å²) in [5, 5.41) is 0. The molecule has 1 aliphatic rings. The van der Waals surface area contributed by atoms with Crippen LogP contribution in [0.1, 0.15) is 28.9 Å². The number of carbonyl (C=O) groups excluding carboxylic acids is 1. The van der Waals surface area contributed by atoms with Gasteiger partial charge in [-0.3, -0.25) is 9.78 Å². The van der Waals surface area contributed by atoms with Gasteiger partial charge in [0.2, 0.25) is 0 Å². The first kappa shape index (κ1) is 15.5. The van der Waals surface area contributed by atoms with Gasteiger partial charge >= 0.3 is 0 Å². The third kappa shape index (κ3) is 4.07. The molecule has 2 aromatic rings. The predicted octanol–water partition coefficient (Wildman–Crippen LogP) is 2.22. The highest BCUT2D eigenvalue weighted by Gasteiger charge is 2.22. The monoisotopic (exact) mass is 311 g/mol. The van der Waals surface area contributed by atoms with E-state index < -0.39 is 0 Å². The Labute approximate surface area is 136 Å². The Morgan fingerprint density at radius 1 is 1.26 bits per heavy atom. The van der Waals surface area contributed by atoms with Crippen molar-refractivity contribution in [3.63, 3.8) is 0 Å². The molecule has 1 saturated heterocycles. The molecular formula is C18H21N3O2. The van der Waals surface area contributed by atoms with Crippen LogP contribution in [0.25, 0.3) is 0 Å². The van der Waals surface area contributed by atoms with Crippen LogP contribution in [-0.4, -0.2) is 34.9 Å². The van der Waals surface area contributed by atoms with Gasteiger partial charge in [-0.25, -0.2) is 0 Å². The topological polar surface area (TPSA) is 68.5 Å². The molecule has 1 aliphatic heterocycles. The summed E-state index contributed by atoms with van der Waals surface area (Å²) in [4.78, 5) is 18.5. The number of hydrogen-bond acceptors (Lipinski definition) is 4. The molecule has 0 unspecified atom stereocenters. The van der Waals surface area contributed by atoms with E-state index in [2.05, 4.69) is 4.98 Å². The second-order valence-electron chi connectivity index (χ2n) is 5.79. The molecule has 23 heavy (non-hydrogen) atoms. The minimum Gasteiger partial charge on any atom is -0.487 e. The van der Waals surface area contributed by atoms with Gasteiger partial charge in [0, 0.05) is 30.9 Å². The molecule has 1 atom stereocenters. The first-order chi connectivity index (χ1) is 11.2. The molecular weight excluding hydrogens is 290 g/mol. The van der Waals surface area contributed by atoms with Crippen molar-refractivity contribution in [2.75, 3.05) is 13.1 Å². The normalized spacial score (nSPS) is 17.8. The maximum absolute atomic E-state index is 12.5. The Bertz CT molecular complexity index is 643. The highest BCUT2D eigenvalue weighted by molar-refractivity contribution is 5.94. The van der Waals surface area contributed by atoms with Crippen molar-refractivity contribution in [1.29, 1.82) is 0 Å². The summed E-state index contributed by atoms with van der Waals surface area (Å²) in [5.74, 6) is 0.763. The number of pyridine rings is 1. The van der Waals surface area contributed by atoms with Gasteiger partial charge in [0.15, 0.2) is 0 Å². The molecule has 2 heterocycles. The van der Waals surface area contributed by atoms with Gasteiger partial charge in [0.05, 0.1) is 5.69 Å². The molecule has 1 fully saturated rings. The summed E-state index contributed by atoms with van der Waals surface area (Å²) < 4.78 is 5.68. The van der Waals surface area contributed by atoms with Gasteiger partial charge in [0.1, 0.15) is 12.4 Å². The Balaban J connectivity index is 1.59. The van der Waals surface area contributed by atoms with Crippen molar-refractivity contribution in [3.05, 3.63) is 59.9 Å². The largest absolute Gasteiger partial charge is 0.487 e. The maximum atomic E-state index is 12.5. The van der Waals surface area contributed by atoms with Crippen molar-refractivity contribution in [2.45, 2.75) is 25.5 Å². The number of ether oxygens (including phenoxy) is 1. The summed E-state index contributed by atoms with van der Waals surface area (Å²) in [6.45, 7) is 1.83. The number of benzene rings is 1. The number of rotatable bonds is 4. The summed E-state index contributed by atoms with van der Waals surface area (Å²) in [6, 6.07) is 13.0. The number of nitrogens with zero attached hydrogens (tertiary/aromatic N) is 2. The summed E-state index contributed by atoms with van der Waals surface area (Å²) in [5.41, 5.74) is 7.48. The average molecular weight is 311 g/mol. The lowest BCUT2D eigenvalue weighted by atomic mass is 10.1. The lowest BCUT2D eigenvalue weighted by Gasteiger charge is -2.30. The van der Waals surface area contributed by atoms with E-state index in [4.69, 9.17) is 10.5 Å². The maximum Gasteiger partial charge on any atom is 0.253 e. The molecule has 3 rings (SSSR count). The number of aromatic nitrogens is 1. The van der Waals surface area contributed by atoms with Crippen LogP contribution in [0.2, 0.25) is 0 Å². The summed E-state index contributed by atoms with van der Waals surface area (Å²) >= 11 is 0. The van der Waals surface area contributed by atoms with Gasteiger partial charge < -0.3 is 15.4 Å². The van der Waals surface area contributed by atoms with E-state index >= 15 is 0 Å². The Morgan fingerprint density at radius 3 is 2.78 bits per heavy atom. The summed E-state index contributed by atoms with van der Waals surface area (Å²) in [7, 11) is 0. The minimum atomic E-state index is 0.0384. The molecule has 1 amide bonds. The van der Waals surface area contributed by atoms with Gasteiger partial charge in [-0.05, 0) is 49.2 Å². The number of carbonyl (C=O) groups is 1. The molecule has 1 aromatic heterocycles. The van der Waals surface area contributed by atoms with Crippen molar-refractivity contribution in [2.24, 2.45) is 5.73 Å². The van der Waals surface area contributed by atoms with Crippen molar-refractivity contribution >= 4 is 5.91 Å². The Hall–Kier alpha value is -2.40. The van der Waals surface area contributed by atoms with E-state index in [0.29, 0.717) is 18.7 Å². The van der Waals surface area contributed by atoms with Crippen molar-refractivity contribution in [3.8, 4) is 5.75 Å². The SMILES string of the molecule is N[C@@H]1CCCN(C(=O)c2ccc(OCc3ccccn3)cc2)C1. The first-order valence-electron chi connectivity index (χ1n) is 7.90. The molecule has 0 radical (unpaired) electrons. The number of hydrogen-bond donors (Lipinski definition) is 1. The zero-order valence-corrected chi connectivity index (χ0v) is 13.0. The van der Waals surface area contributed by atoms with Gasteiger partial charge in [-0.2, -0.15) is 0 Å². The zero-order chi connectivity index (χ0) is 16.1. The summed E-state index contributed by atoms with van der Waals surface area (Å²) in [6.07, 6.45) is 3.70. The number of amides is 1. The van der Waals surface area contributed by atoms with E-state index in [1.165, 1.54) is 0 Å². The second-order valence-corrected chi connectivity index (χ2v) is 5.79. The van der Waals surface area contributed by atoms with E-state index in [-0.39, 0.29) is 11.9 Å². The molecule has 0 spiro atoms. The molecule has 5 nitrogen and oxygen atoms in total. The smallest absolute Gasteiger partial charge is 0.253 e. The fourth-order valence-electron chi connectivity index (χ4n) is 2.71. The van der Waals surface area contributed by atoms with Crippen LogP contribution in [0.5, 0.6) is 5.75 Å². The Morgan fingerprint density at radius 2 is 2.09 bits per heavy atom. The van der Waals surface area contributed by atoms with Crippen LogP contribution in [0.4, 0.5) is 0 Å². The van der Waals surface area contributed by atoms with Gasteiger partial charge in [0.25, 0.3) is 5.91 Å². The van der Waals surface area contributed by atoms with E-state index in [1.807, 2.05) is 35.2 Å². The van der Waals surface area contributed by atoms with Crippen LogP contribution in [0.15, 0.2) is 48.7 Å². The average Bonchev–Trinajstić information content (AvgIpc) is 2.61. The fraction of sp³-hybridized carbons (Fsp3) is 0.333. The first-order valence-corrected chi connectivity index (χ1v) is 7.90.